The number of nitrogens with zero attached hydrogens (tertiary/aromatic N) is 2. The summed E-state index contributed by atoms with van der Waals surface area (Å²) >= 11 is 1.12. The quantitative estimate of drug-likeness (QED) is 0.418. The predicted molar refractivity (Wildman–Crippen MR) is 129 cm³/mol. The van der Waals surface area contributed by atoms with E-state index in [-0.39, 0.29) is 10.4 Å². The third-order valence-corrected chi connectivity index (χ3v) is 6.73. The van der Waals surface area contributed by atoms with E-state index in [0.29, 0.717) is 39.5 Å². The maximum atomic E-state index is 12.8. The Morgan fingerprint density at radius 1 is 1.12 bits per heavy atom. The lowest BCUT2D eigenvalue weighted by Gasteiger charge is -2.12. The molecule has 0 saturated heterocycles. The highest BCUT2D eigenvalue weighted by molar-refractivity contribution is 7.20. The Labute approximate surface area is 198 Å². The van der Waals surface area contributed by atoms with Gasteiger partial charge in [-0.1, -0.05) is 30.3 Å². The number of nitrogens with one attached hydrogen (secondary N) is 1. The van der Waals surface area contributed by atoms with Crippen molar-refractivity contribution < 1.29 is 19.1 Å². The number of ether oxygens (including phenoxy) is 2. The van der Waals surface area contributed by atoms with Gasteiger partial charge in [-0.2, -0.15) is 0 Å². The fourth-order valence-corrected chi connectivity index (χ4v) is 5.01. The zero-order chi connectivity index (χ0) is 23.7. The molecule has 5 rings (SSSR count). The Balaban J connectivity index is 1.27. The van der Waals surface area contributed by atoms with Crippen molar-refractivity contribution in [2.45, 2.75) is 26.3 Å². The highest BCUT2D eigenvalue weighted by atomic mass is 32.1. The molecule has 9 heteroatoms. The highest BCUT2D eigenvalue weighted by Gasteiger charge is 2.24. The molecule has 0 saturated carbocycles. The van der Waals surface area contributed by atoms with Crippen molar-refractivity contribution in [3.63, 3.8) is 0 Å². The first-order chi connectivity index (χ1) is 16.5. The lowest BCUT2D eigenvalue weighted by molar-refractivity contribution is -0.119. The van der Waals surface area contributed by atoms with E-state index in [9.17, 15) is 14.4 Å². The molecule has 1 aliphatic rings. The van der Waals surface area contributed by atoms with Gasteiger partial charge in [0.15, 0.2) is 12.4 Å². The number of amides is 1. The minimum absolute atomic E-state index is 0.127. The summed E-state index contributed by atoms with van der Waals surface area (Å²) in [6.07, 6.45) is 1.64. The number of fused-ring (bicyclic) bond motifs is 2. The zero-order valence-electron chi connectivity index (χ0n) is 18.4. The fourth-order valence-electron chi connectivity index (χ4n) is 3.93. The van der Waals surface area contributed by atoms with E-state index in [4.69, 9.17) is 9.47 Å². The van der Waals surface area contributed by atoms with Gasteiger partial charge in [0.25, 0.3) is 11.5 Å². The van der Waals surface area contributed by atoms with Crippen molar-refractivity contribution in [1.29, 1.82) is 0 Å². The van der Waals surface area contributed by atoms with Gasteiger partial charge in [-0.3, -0.25) is 14.2 Å². The number of anilines is 1. The van der Waals surface area contributed by atoms with Gasteiger partial charge in [0.2, 0.25) is 0 Å². The Hall–Kier alpha value is -3.98. The topological polar surface area (TPSA) is 99.5 Å². The second-order valence-corrected chi connectivity index (χ2v) is 8.86. The second kappa shape index (κ2) is 9.11. The van der Waals surface area contributed by atoms with E-state index in [1.807, 2.05) is 30.3 Å². The SMILES string of the molecule is Cc1c(C(=O)OCC(=O)Nc2ccccc2Oc2ccccc2)sc2nc3n(c(=O)c12)CCC3. The molecule has 3 heterocycles. The summed E-state index contributed by atoms with van der Waals surface area (Å²) in [7, 11) is 0. The van der Waals surface area contributed by atoms with Crippen LogP contribution >= 0.6 is 11.3 Å². The number of hydrogen-bond acceptors (Lipinski definition) is 7. The third kappa shape index (κ3) is 4.17. The van der Waals surface area contributed by atoms with Crippen molar-refractivity contribution >= 4 is 39.1 Å². The number of aryl methyl sites for hydroxylation is 2. The molecule has 2 aromatic heterocycles. The summed E-state index contributed by atoms with van der Waals surface area (Å²) in [6, 6.07) is 16.2. The van der Waals surface area contributed by atoms with E-state index in [1.165, 1.54) is 0 Å². The van der Waals surface area contributed by atoms with Crippen LogP contribution in [0.5, 0.6) is 11.5 Å². The molecule has 2 aromatic carbocycles. The largest absolute Gasteiger partial charge is 0.455 e. The maximum absolute atomic E-state index is 12.8. The first-order valence-corrected chi connectivity index (χ1v) is 11.6. The van der Waals surface area contributed by atoms with Crippen LogP contribution in [0.4, 0.5) is 5.69 Å². The second-order valence-electron chi connectivity index (χ2n) is 7.86. The average molecular weight is 476 g/mol. The Bertz CT molecular complexity index is 1460. The number of carbonyl (C=O) groups is 2. The highest BCUT2D eigenvalue weighted by Crippen LogP contribution is 2.30. The first-order valence-electron chi connectivity index (χ1n) is 10.8. The number of rotatable bonds is 6. The van der Waals surface area contributed by atoms with Gasteiger partial charge in [0.1, 0.15) is 21.3 Å². The molecule has 4 aromatic rings. The van der Waals surface area contributed by atoms with Gasteiger partial charge in [0, 0.05) is 13.0 Å². The summed E-state index contributed by atoms with van der Waals surface area (Å²) in [5, 5.41) is 3.16. The number of benzene rings is 2. The smallest absolute Gasteiger partial charge is 0.349 e. The third-order valence-electron chi connectivity index (χ3n) is 5.56. The Morgan fingerprint density at radius 2 is 1.88 bits per heavy atom. The number of aromatic nitrogens is 2. The van der Waals surface area contributed by atoms with Crippen molar-refractivity contribution in [3.8, 4) is 11.5 Å². The van der Waals surface area contributed by atoms with E-state index < -0.39 is 18.5 Å². The molecule has 0 radical (unpaired) electrons. The summed E-state index contributed by atoms with van der Waals surface area (Å²) in [5.41, 5.74) is 0.863. The molecule has 0 spiro atoms. The summed E-state index contributed by atoms with van der Waals surface area (Å²) in [6.45, 7) is 1.87. The molecule has 0 atom stereocenters. The Kier molecular flexibility index (Phi) is 5.85. The average Bonchev–Trinajstić information content (AvgIpc) is 3.44. The van der Waals surface area contributed by atoms with Gasteiger partial charge in [-0.05, 0) is 43.2 Å². The van der Waals surface area contributed by atoms with Crippen LogP contribution in [0.3, 0.4) is 0 Å². The van der Waals surface area contributed by atoms with Crippen LogP contribution in [0, 0.1) is 6.92 Å². The number of para-hydroxylation sites is 3. The molecule has 8 nitrogen and oxygen atoms in total. The molecule has 0 bridgehead atoms. The predicted octanol–water partition coefficient (Wildman–Crippen LogP) is 4.30. The zero-order valence-corrected chi connectivity index (χ0v) is 19.2. The van der Waals surface area contributed by atoms with Crippen LogP contribution in [-0.2, 0) is 22.5 Å². The lowest BCUT2D eigenvalue weighted by Crippen LogP contribution is -2.21. The van der Waals surface area contributed by atoms with Crippen LogP contribution in [-0.4, -0.2) is 28.0 Å². The van der Waals surface area contributed by atoms with E-state index in [0.717, 1.165) is 30.0 Å². The molecule has 0 fully saturated rings. The standard InChI is InChI=1S/C25H21N3O5S/c1-15-21-23(27-19-12-7-13-28(19)24(21)30)34-22(15)25(31)32-14-20(29)26-17-10-5-6-11-18(17)33-16-8-3-2-4-9-16/h2-6,8-11H,7,12-14H2,1H3,(H,26,29). The van der Waals surface area contributed by atoms with Crippen molar-refractivity contribution in [3.05, 3.63) is 81.2 Å². The fraction of sp³-hybridized carbons (Fsp3) is 0.200. The van der Waals surface area contributed by atoms with E-state index in [2.05, 4.69) is 10.3 Å². The monoisotopic (exact) mass is 475 g/mol. The molecule has 34 heavy (non-hydrogen) atoms. The summed E-state index contributed by atoms with van der Waals surface area (Å²) in [4.78, 5) is 43.4. The van der Waals surface area contributed by atoms with Gasteiger partial charge < -0.3 is 14.8 Å². The van der Waals surface area contributed by atoms with Crippen molar-refractivity contribution in [1.82, 2.24) is 9.55 Å². The van der Waals surface area contributed by atoms with Crippen molar-refractivity contribution in [2.24, 2.45) is 0 Å². The van der Waals surface area contributed by atoms with Crippen LogP contribution in [0.15, 0.2) is 59.4 Å². The summed E-state index contributed by atoms with van der Waals surface area (Å²) < 4.78 is 12.8. The molecule has 1 aliphatic heterocycles. The number of thiophene rings is 1. The number of carbonyl (C=O) groups excluding carboxylic acids is 2. The van der Waals surface area contributed by atoms with Crippen LogP contribution < -0.4 is 15.6 Å². The van der Waals surface area contributed by atoms with Gasteiger partial charge >= 0.3 is 5.97 Å². The van der Waals surface area contributed by atoms with E-state index in [1.54, 1.807) is 35.8 Å². The number of esters is 1. The Morgan fingerprint density at radius 3 is 2.71 bits per heavy atom. The molecule has 1 N–H and O–H groups in total. The molecular formula is C25H21N3O5S. The molecule has 0 aliphatic carbocycles. The normalized spacial score (nSPS) is 12.4. The van der Waals surface area contributed by atoms with Gasteiger partial charge in [-0.15, -0.1) is 11.3 Å². The lowest BCUT2D eigenvalue weighted by atomic mass is 10.2. The van der Waals surface area contributed by atoms with Gasteiger partial charge in [-0.25, -0.2) is 9.78 Å². The van der Waals surface area contributed by atoms with Crippen LogP contribution in [0.25, 0.3) is 10.2 Å². The van der Waals surface area contributed by atoms with Gasteiger partial charge in [0.05, 0.1) is 11.1 Å². The van der Waals surface area contributed by atoms with Crippen LogP contribution in [0.2, 0.25) is 0 Å². The van der Waals surface area contributed by atoms with E-state index >= 15 is 0 Å². The number of hydrogen-bond donors (Lipinski definition) is 1. The first kappa shape index (κ1) is 21.8. The molecule has 1 amide bonds. The molecule has 0 unspecified atom stereocenters. The minimum atomic E-state index is -0.658. The minimum Gasteiger partial charge on any atom is -0.455 e. The van der Waals surface area contributed by atoms with Crippen LogP contribution in [0.1, 0.15) is 27.5 Å². The van der Waals surface area contributed by atoms with Crippen molar-refractivity contribution in [2.75, 3.05) is 11.9 Å². The summed E-state index contributed by atoms with van der Waals surface area (Å²) in [5.74, 6) is 0.677. The molecular weight excluding hydrogens is 454 g/mol. The maximum Gasteiger partial charge on any atom is 0.349 e. The molecule has 172 valence electrons.